The van der Waals surface area contributed by atoms with Crippen LogP contribution >= 0.6 is 23.7 Å². The van der Waals surface area contributed by atoms with E-state index in [1.165, 1.54) is 0 Å². The molecule has 6 nitrogen and oxygen atoms in total. The lowest BCUT2D eigenvalue weighted by atomic mass is 10.2. The van der Waals surface area contributed by atoms with Crippen LogP contribution in [0.4, 0.5) is 0 Å². The maximum atomic E-state index is 11.8. The maximum Gasteiger partial charge on any atom is 0.227 e. The molecule has 0 aromatic carbocycles. The first-order valence-electron chi connectivity index (χ1n) is 6.68. The lowest BCUT2D eigenvalue weighted by Gasteiger charge is -2.10. The number of rotatable bonds is 5. The molecule has 21 heavy (non-hydrogen) atoms. The molecule has 0 spiro atoms. The summed E-state index contributed by atoms with van der Waals surface area (Å²) in [5.41, 5.74) is 0. The van der Waals surface area contributed by atoms with Crippen LogP contribution in [0, 0.1) is 0 Å². The molecule has 1 amide bonds. The number of carbonyl (C=O) groups excluding carboxylic acids is 1. The van der Waals surface area contributed by atoms with Crippen LogP contribution in [-0.2, 0) is 11.2 Å². The number of nitrogens with zero attached hydrogens (tertiary/aromatic N) is 2. The van der Waals surface area contributed by atoms with Crippen LogP contribution in [0.2, 0.25) is 0 Å². The van der Waals surface area contributed by atoms with E-state index in [1.807, 2.05) is 17.5 Å². The second-order valence-electron chi connectivity index (χ2n) is 4.75. The zero-order valence-corrected chi connectivity index (χ0v) is 13.0. The van der Waals surface area contributed by atoms with Crippen LogP contribution in [0.5, 0.6) is 0 Å². The quantitative estimate of drug-likeness (QED) is 0.872. The lowest BCUT2D eigenvalue weighted by molar-refractivity contribution is -0.121. The van der Waals surface area contributed by atoms with E-state index in [2.05, 4.69) is 20.8 Å². The van der Waals surface area contributed by atoms with Crippen LogP contribution in [0.1, 0.15) is 18.7 Å². The summed E-state index contributed by atoms with van der Waals surface area (Å²) in [5.74, 6) is 1.14. The van der Waals surface area contributed by atoms with Crippen molar-refractivity contribution >= 4 is 29.7 Å². The Balaban J connectivity index is 0.00000161. The first-order chi connectivity index (χ1) is 9.81. The van der Waals surface area contributed by atoms with E-state index in [4.69, 9.17) is 4.52 Å². The summed E-state index contributed by atoms with van der Waals surface area (Å²) in [4.78, 5) is 17.1. The number of amides is 1. The van der Waals surface area contributed by atoms with Crippen LogP contribution in [-0.4, -0.2) is 35.2 Å². The number of aryl methyl sites for hydroxylation is 1. The molecule has 1 saturated heterocycles. The van der Waals surface area contributed by atoms with Crippen molar-refractivity contribution in [2.45, 2.75) is 25.3 Å². The second-order valence-corrected chi connectivity index (χ2v) is 5.69. The third-order valence-corrected chi connectivity index (χ3v) is 4.07. The van der Waals surface area contributed by atoms with E-state index in [-0.39, 0.29) is 24.4 Å². The van der Waals surface area contributed by atoms with Gasteiger partial charge in [0, 0.05) is 25.4 Å². The molecule has 1 atom stereocenters. The monoisotopic (exact) mass is 328 g/mol. The molecule has 0 bridgehead atoms. The smallest absolute Gasteiger partial charge is 0.227 e. The SMILES string of the molecule is Cl.O=C(CCc1nc(-c2cccs2)no1)NC1CCNC1. The molecule has 0 radical (unpaired) electrons. The van der Waals surface area contributed by atoms with Crippen molar-refractivity contribution in [3.8, 4) is 10.7 Å². The average Bonchev–Trinajstić information content (AvgIpc) is 3.18. The van der Waals surface area contributed by atoms with Gasteiger partial charge in [-0.15, -0.1) is 23.7 Å². The zero-order chi connectivity index (χ0) is 13.8. The van der Waals surface area contributed by atoms with Gasteiger partial charge in [0.05, 0.1) is 4.88 Å². The molecule has 2 aromatic heterocycles. The number of halogens is 1. The first-order valence-corrected chi connectivity index (χ1v) is 7.56. The number of hydrogen-bond acceptors (Lipinski definition) is 6. The van der Waals surface area contributed by atoms with Gasteiger partial charge in [0.2, 0.25) is 17.6 Å². The van der Waals surface area contributed by atoms with Crippen LogP contribution in [0.3, 0.4) is 0 Å². The molecular formula is C13H17ClN4O2S. The van der Waals surface area contributed by atoms with Crippen molar-refractivity contribution in [2.75, 3.05) is 13.1 Å². The van der Waals surface area contributed by atoms with Crippen molar-refractivity contribution in [3.63, 3.8) is 0 Å². The molecule has 2 N–H and O–H groups in total. The van der Waals surface area contributed by atoms with E-state index < -0.39 is 0 Å². The molecule has 1 unspecified atom stereocenters. The van der Waals surface area contributed by atoms with Crippen molar-refractivity contribution in [2.24, 2.45) is 0 Å². The molecule has 3 rings (SSSR count). The van der Waals surface area contributed by atoms with E-state index in [0.29, 0.717) is 24.6 Å². The first kappa shape index (κ1) is 15.9. The largest absolute Gasteiger partial charge is 0.352 e. The van der Waals surface area contributed by atoms with Gasteiger partial charge < -0.3 is 15.2 Å². The highest BCUT2D eigenvalue weighted by Crippen LogP contribution is 2.21. The summed E-state index contributed by atoms with van der Waals surface area (Å²) in [7, 11) is 0. The Bertz CT molecular complexity index is 566. The minimum absolute atomic E-state index is 0. The Morgan fingerprint density at radius 2 is 2.48 bits per heavy atom. The fourth-order valence-corrected chi connectivity index (χ4v) is 2.81. The lowest BCUT2D eigenvalue weighted by Crippen LogP contribution is -2.36. The highest BCUT2D eigenvalue weighted by atomic mass is 35.5. The van der Waals surface area contributed by atoms with Crippen LogP contribution in [0.25, 0.3) is 10.7 Å². The van der Waals surface area contributed by atoms with Gasteiger partial charge in [0.1, 0.15) is 0 Å². The minimum atomic E-state index is 0. The Morgan fingerprint density at radius 3 is 3.19 bits per heavy atom. The van der Waals surface area contributed by atoms with E-state index >= 15 is 0 Å². The van der Waals surface area contributed by atoms with Gasteiger partial charge in [-0.2, -0.15) is 4.98 Å². The predicted molar refractivity (Wildman–Crippen MR) is 82.6 cm³/mol. The molecule has 1 aliphatic rings. The van der Waals surface area contributed by atoms with Crippen molar-refractivity contribution < 1.29 is 9.32 Å². The zero-order valence-electron chi connectivity index (χ0n) is 11.4. The van der Waals surface area contributed by atoms with Gasteiger partial charge >= 0.3 is 0 Å². The Kier molecular flexibility index (Phi) is 5.72. The van der Waals surface area contributed by atoms with E-state index in [9.17, 15) is 4.79 Å². The fourth-order valence-electron chi connectivity index (χ4n) is 2.16. The molecule has 3 heterocycles. The normalized spacial score (nSPS) is 17.4. The van der Waals surface area contributed by atoms with Crippen LogP contribution < -0.4 is 10.6 Å². The molecule has 1 aliphatic heterocycles. The Hall–Kier alpha value is -1.44. The van der Waals surface area contributed by atoms with Gasteiger partial charge in [-0.3, -0.25) is 4.79 Å². The molecule has 0 aliphatic carbocycles. The van der Waals surface area contributed by atoms with Crippen molar-refractivity contribution in [1.29, 1.82) is 0 Å². The summed E-state index contributed by atoms with van der Waals surface area (Å²) < 4.78 is 5.16. The Morgan fingerprint density at radius 1 is 1.57 bits per heavy atom. The molecular weight excluding hydrogens is 312 g/mol. The molecule has 0 saturated carbocycles. The molecule has 114 valence electrons. The van der Waals surface area contributed by atoms with Gasteiger partial charge in [0.15, 0.2) is 0 Å². The fraction of sp³-hybridized carbons (Fsp3) is 0.462. The van der Waals surface area contributed by atoms with Gasteiger partial charge in [-0.1, -0.05) is 11.2 Å². The summed E-state index contributed by atoms with van der Waals surface area (Å²) in [6, 6.07) is 4.14. The summed E-state index contributed by atoms with van der Waals surface area (Å²) >= 11 is 1.56. The second kappa shape index (κ2) is 7.53. The number of nitrogens with one attached hydrogen (secondary N) is 2. The molecule has 1 fully saturated rings. The standard InChI is InChI=1S/C13H16N4O2S.ClH/c18-11(15-9-5-6-14-8-9)3-4-12-16-13(17-19-12)10-2-1-7-20-10;/h1-2,7,9,14H,3-6,8H2,(H,15,18);1H. The maximum absolute atomic E-state index is 11.8. The van der Waals surface area contributed by atoms with Gasteiger partial charge in [-0.05, 0) is 24.4 Å². The topological polar surface area (TPSA) is 80.0 Å². The molecule has 2 aromatic rings. The average molecular weight is 329 g/mol. The highest BCUT2D eigenvalue weighted by molar-refractivity contribution is 7.13. The third kappa shape index (κ3) is 4.26. The van der Waals surface area contributed by atoms with Crippen LogP contribution in [0.15, 0.2) is 22.0 Å². The number of carbonyl (C=O) groups is 1. The third-order valence-electron chi connectivity index (χ3n) is 3.20. The van der Waals surface area contributed by atoms with E-state index in [0.717, 1.165) is 24.4 Å². The van der Waals surface area contributed by atoms with E-state index in [1.54, 1.807) is 11.3 Å². The highest BCUT2D eigenvalue weighted by Gasteiger charge is 2.17. The number of thiophene rings is 1. The predicted octanol–water partition coefficient (Wildman–Crippen LogP) is 1.63. The summed E-state index contributed by atoms with van der Waals surface area (Å²) in [6.07, 6.45) is 1.85. The summed E-state index contributed by atoms with van der Waals surface area (Å²) in [5, 5.41) is 12.1. The number of hydrogen-bond donors (Lipinski definition) is 2. The van der Waals surface area contributed by atoms with Crippen molar-refractivity contribution in [1.82, 2.24) is 20.8 Å². The van der Waals surface area contributed by atoms with Crippen molar-refractivity contribution in [3.05, 3.63) is 23.4 Å². The molecule has 8 heteroatoms. The van der Waals surface area contributed by atoms with Gasteiger partial charge in [-0.25, -0.2) is 0 Å². The summed E-state index contributed by atoms with van der Waals surface area (Å²) in [6.45, 7) is 1.83. The minimum Gasteiger partial charge on any atom is -0.352 e. The number of aromatic nitrogens is 2. The van der Waals surface area contributed by atoms with Gasteiger partial charge in [0.25, 0.3) is 0 Å². The Labute approximate surface area is 132 Å².